The van der Waals surface area contributed by atoms with Gasteiger partial charge in [0.25, 0.3) is 0 Å². The number of phenolic OH excluding ortho intramolecular Hbond substituents is 1. The van der Waals surface area contributed by atoms with Crippen LogP contribution in [0.25, 0.3) is 0 Å². The Morgan fingerprint density at radius 2 is 1.21 bits per heavy atom. The number of carboxylic acids is 1. The van der Waals surface area contributed by atoms with Gasteiger partial charge in [-0.3, -0.25) is 9.59 Å². The van der Waals surface area contributed by atoms with Crippen molar-refractivity contribution >= 4 is 23.7 Å². The average molecular weight is 831 g/mol. The van der Waals surface area contributed by atoms with E-state index in [1.165, 1.54) is 6.07 Å². The van der Waals surface area contributed by atoms with Crippen LogP contribution in [0.2, 0.25) is 0 Å². The summed E-state index contributed by atoms with van der Waals surface area (Å²) in [5, 5.41) is 20.1. The quantitative estimate of drug-likeness (QED) is 0.0155. The van der Waals surface area contributed by atoms with Gasteiger partial charge in [0.05, 0.1) is 36.9 Å². The van der Waals surface area contributed by atoms with E-state index < -0.39 is 29.4 Å². The van der Waals surface area contributed by atoms with E-state index in [0.29, 0.717) is 60.4 Å². The van der Waals surface area contributed by atoms with Crippen LogP contribution in [0, 0.1) is 5.92 Å². The molecule has 61 heavy (non-hydrogen) atoms. The van der Waals surface area contributed by atoms with E-state index in [4.69, 9.17) is 23.7 Å². The van der Waals surface area contributed by atoms with Crippen LogP contribution in [0.3, 0.4) is 0 Å². The number of carbonyl (C=O) groups is 4. The van der Waals surface area contributed by atoms with Gasteiger partial charge in [-0.1, -0.05) is 92.9 Å². The molecule has 1 aliphatic rings. The predicted octanol–water partition coefficient (Wildman–Crippen LogP) is 9.97. The maximum Gasteiger partial charge on any atom is 0.343 e. The van der Waals surface area contributed by atoms with E-state index in [2.05, 4.69) is 6.58 Å². The number of unbranched alkanes of at least 4 members (excludes halogenated alkanes) is 8. The first-order chi connectivity index (χ1) is 29.7. The molecule has 0 fully saturated rings. The summed E-state index contributed by atoms with van der Waals surface area (Å²) in [6, 6.07) is 27.4. The van der Waals surface area contributed by atoms with Gasteiger partial charge in [0.15, 0.2) is 5.78 Å². The standard InChI is InChI=1S/C50H54O11/c1-2-46(52)59-34-16-8-7-15-32-57-40-24-22-39(23-25-40)49(56)61-45-21-13-12-20-43(45)50(30-28-38(29-31-50)48(54)55)60-35-17-6-4-3-5-14-33-58-41-26-27-42(44(51)36-41)47(53)37-18-10-9-11-19-37/h2,9-13,18-31,36,38,51H,1,3-8,14-17,32-35H2,(H,54,55). The number of phenols is 1. The molecule has 11 nitrogen and oxygen atoms in total. The summed E-state index contributed by atoms with van der Waals surface area (Å²) in [7, 11) is 0. The van der Waals surface area contributed by atoms with Crippen molar-refractivity contribution < 1.29 is 53.1 Å². The Hall–Kier alpha value is -6.46. The summed E-state index contributed by atoms with van der Waals surface area (Å²) < 4.78 is 29.1. The van der Waals surface area contributed by atoms with Gasteiger partial charge in [-0.25, -0.2) is 9.59 Å². The fourth-order valence-corrected chi connectivity index (χ4v) is 6.72. The largest absolute Gasteiger partial charge is 0.507 e. The van der Waals surface area contributed by atoms with Crippen LogP contribution in [0.4, 0.5) is 0 Å². The van der Waals surface area contributed by atoms with Crippen molar-refractivity contribution in [3.63, 3.8) is 0 Å². The number of hydrogen-bond acceptors (Lipinski definition) is 10. The molecule has 0 spiro atoms. The third kappa shape index (κ3) is 14.1. The molecule has 4 aromatic carbocycles. The Labute approximate surface area is 357 Å². The molecular formula is C50H54O11. The number of carbonyl (C=O) groups excluding carboxylic acids is 3. The Balaban J connectivity index is 1.05. The number of benzene rings is 4. The first kappa shape index (κ1) is 45.6. The lowest BCUT2D eigenvalue weighted by atomic mass is 9.85. The van der Waals surface area contributed by atoms with E-state index in [9.17, 15) is 29.4 Å². The van der Waals surface area contributed by atoms with Crippen molar-refractivity contribution in [3.8, 4) is 23.0 Å². The molecule has 0 aromatic heterocycles. The average Bonchev–Trinajstić information content (AvgIpc) is 3.28. The molecule has 0 heterocycles. The first-order valence-electron chi connectivity index (χ1n) is 20.8. The van der Waals surface area contributed by atoms with Crippen molar-refractivity contribution in [2.45, 2.75) is 69.8 Å². The smallest absolute Gasteiger partial charge is 0.343 e. The maximum absolute atomic E-state index is 13.4. The normalized spacial score (nSPS) is 15.4. The second kappa shape index (κ2) is 24.0. The number of aromatic hydroxyl groups is 1. The summed E-state index contributed by atoms with van der Waals surface area (Å²) in [5.41, 5.74) is 0.504. The zero-order valence-corrected chi connectivity index (χ0v) is 34.4. The second-order valence-corrected chi connectivity index (χ2v) is 14.6. The number of aliphatic carboxylic acids is 1. The molecule has 1 aliphatic carbocycles. The number of hydrogen-bond donors (Lipinski definition) is 2. The van der Waals surface area contributed by atoms with Crippen LogP contribution in [0.5, 0.6) is 23.0 Å². The molecular weight excluding hydrogens is 777 g/mol. The number of esters is 2. The van der Waals surface area contributed by atoms with Crippen LogP contribution in [0.15, 0.2) is 134 Å². The Morgan fingerprint density at radius 1 is 0.639 bits per heavy atom. The van der Waals surface area contributed by atoms with Crippen LogP contribution in [-0.2, 0) is 24.7 Å². The van der Waals surface area contributed by atoms with Gasteiger partial charge in [-0.2, -0.15) is 0 Å². The van der Waals surface area contributed by atoms with Crippen LogP contribution in [0.1, 0.15) is 96.1 Å². The summed E-state index contributed by atoms with van der Waals surface area (Å²) in [5.74, 6) is -1.69. The van der Waals surface area contributed by atoms with Crippen LogP contribution >= 0.6 is 0 Å². The molecule has 0 saturated heterocycles. The molecule has 320 valence electrons. The molecule has 4 aromatic rings. The minimum atomic E-state index is -1.14. The summed E-state index contributed by atoms with van der Waals surface area (Å²) >= 11 is 0. The first-order valence-corrected chi connectivity index (χ1v) is 20.8. The molecule has 0 amide bonds. The Bertz CT molecular complexity index is 2110. The lowest BCUT2D eigenvalue weighted by molar-refractivity contribution is -0.139. The number of carboxylic acid groups (broad SMARTS) is 1. The highest BCUT2D eigenvalue weighted by atomic mass is 16.5. The molecule has 0 unspecified atom stereocenters. The fourth-order valence-electron chi connectivity index (χ4n) is 6.72. The van der Waals surface area contributed by atoms with Gasteiger partial charge in [0.2, 0.25) is 0 Å². The van der Waals surface area contributed by atoms with Crippen molar-refractivity contribution in [2.75, 3.05) is 26.4 Å². The third-order valence-corrected chi connectivity index (χ3v) is 10.1. The molecule has 0 bridgehead atoms. The van der Waals surface area contributed by atoms with Crippen LogP contribution in [-0.4, -0.2) is 60.3 Å². The van der Waals surface area contributed by atoms with Gasteiger partial charge < -0.3 is 33.9 Å². The minimum Gasteiger partial charge on any atom is -0.507 e. The highest BCUT2D eigenvalue weighted by Crippen LogP contribution is 2.39. The van der Waals surface area contributed by atoms with Crippen molar-refractivity contribution in [1.29, 1.82) is 0 Å². The van der Waals surface area contributed by atoms with Gasteiger partial charge in [0.1, 0.15) is 28.6 Å². The topological polar surface area (TPSA) is 155 Å². The third-order valence-electron chi connectivity index (χ3n) is 10.1. The molecule has 0 atom stereocenters. The number of ketones is 1. The number of ether oxygens (including phenoxy) is 5. The molecule has 0 saturated carbocycles. The number of para-hydroxylation sites is 1. The van der Waals surface area contributed by atoms with Gasteiger partial charge in [-0.05, 0) is 93.1 Å². The van der Waals surface area contributed by atoms with E-state index in [0.717, 1.165) is 70.3 Å². The molecule has 11 heteroatoms. The highest BCUT2D eigenvalue weighted by molar-refractivity contribution is 6.10. The molecule has 5 rings (SSSR count). The van der Waals surface area contributed by atoms with E-state index >= 15 is 0 Å². The zero-order chi connectivity index (χ0) is 43.3. The highest BCUT2D eigenvalue weighted by Gasteiger charge is 2.35. The lowest BCUT2D eigenvalue weighted by Crippen LogP contribution is -2.30. The summed E-state index contributed by atoms with van der Waals surface area (Å²) in [6.07, 6.45) is 16.6. The number of rotatable bonds is 26. The van der Waals surface area contributed by atoms with Gasteiger partial charge in [-0.15, -0.1) is 0 Å². The van der Waals surface area contributed by atoms with Crippen molar-refractivity contribution in [2.24, 2.45) is 5.92 Å². The maximum atomic E-state index is 13.4. The summed E-state index contributed by atoms with van der Waals surface area (Å²) in [6.45, 7) is 5.13. The predicted molar refractivity (Wildman–Crippen MR) is 231 cm³/mol. The van der Waals surface area contributed by atoms with Gasteiger partial charge in [0, 0.05) is 29.9 Å². The molecule has 2 N–H and O–H groups in total. The SMILES string of the molecule is C=CC(=O)OCCCCCCOc1ccc(C(=O)Oc2ccccc2C2(OCCCCCCCCOc3ccc(C(=O)c4ccccc4)c(O)c3)C=CC(C(=O)O)C=C2)cc1. The Morgan fingerprint density at radius 3 is 1.85 bits per heavy atom. The minimum absolute atomic E-state index is 0.114. The molecule has 0 radical (unpaired) electrons. The second-order valence-electron chi connectivity index (χ2n) is 14.6. The molecule has 0 aliphatic heterocycles. The lowest BCUT2D eigenvalue weighted by Gasteiger charge is -2.32. The monoisotopic (exact) mass is 830 g/mol. The van der Waals surface area contributed by atoms with Crippen molar-refractivity contribution in [1.82, 2.24) is 0 Å². The fraction of sp³-hybridized carbons (Fsp3) is 0.320. The van der Waals surface area contributed by atoms with E-state index in [1.54, 1.807) is 97.1 Å². The van der Waals surface area contributed by atoms with Crippen LogP contribution < -0.4 is 14.2 Å². The van der Waals surface area contributed by atoms with Crippen molar-refractivity contribution in [3.05, 3.63) is 156 Å². The van der Waals surface area contributed by atoms with Gasteiger partial charge >= 0.3 is 17.9 Å². The zero-order valence-electron chi connectivity index (χ0n) is 34.4. The van der Waals surface area contributed by atoms with E-state index in [-0.39, 0.29) is 17.1 Å². The summed E-state index contributed by atoms with van der Waals surface area (Å²) in [4.78, 5) is 48.9. The Kier molecular flexibility index (Phi) is 17.9. The van der Waals surface area contributed by atoms with E-state index in [1.807, 2.05) is 18.2 Å².